The fourth-order valence-electron chi connectivity index (χ4n) is 1.66. The molecule has 2 nitrogen and oxygen atoms in total. The van der Waals surface area contributed by atoms with Gasteiger partial charge >= 0.3 is 0 Å². The van der Waals surface area contributed by atoms with Gasteiger partial charge in [-0.1, -0.05) is 45.7 Å². The molecule has 0 spiro atoms. The third-order valence-corrected chi connectivity index (χ3v) is 3.41. The van der Waals surface area contributed by atoms with Crippen LogP contribution in [0.4, 0.5) is 0 Å². The Morgan fingerprint density at radius 1 is 1.17 bits per heavy atom. The van der Waals surface area contributed by atoms with Gasteiger partial charge in [0.05, 0.1) is 0 Å². The second-order valence-electron chi connectivity index (χ2n) is 3.84. The molecule has 0 aromatic heterocycles. The molecule has 0 amide bonds. The summed E-state index contributed by atoms with van der Waals surface area (Å²) in [7, 11) is 0. The van der Waals surface area contributed by atoms with Gasteiger partial charge in [0.1, 0.15) is 12.4 Å². The van der Waals surface area contributed by atoms with Crippen LogP contribution in [-0.2, 0) is 13.2 Å². The zero-order valence-electron chi connectivity index (χ0n) is 9.70. The van der Waals surface area contributed by atoms with E-state index in [0.29, 0.717) is 18.2 Å². The number of halogens is 2. The summed E-state index contributed by atoms with van der Waals surface area (Å²) in [6.45, 7) is 0.861. The molecule has 0 aliphatic carbocycles. The Morgan fingerprint density at radius 3 is 2.67 bits per heavy atom. The molecule has 2 aromatic carbocycles. The predicted octanol–water partition coefficient (Wildman–Crippen LogP) is 4.14. The number of rotatable bonds is 4. The van der Waals surface area contributed by atoms with Crippen molar-refractivity contribution in [2.75, 3.05) is 0 Å². The van der Waals surface area contributed by atoms with Crippen molar-refractivity contribution in [3.05, 3.63) is 63.1 Å². The fourth-order valence-corrected chi connectivity index (χ4v) is 2.35. The van der Waals surface area contributed by atoms with Gasteiger partial charge in [0, 0.05) is 21.6 Å². The molecule has 0 fully saturated rings. The monoisotopic (exact) mass is 325 g/mol. The van der Waals surface area contributed by atoms with E-state index in [9.17, 15) is 0 Å². The zero-order valence-corrected chi connectivity index (χ0v) is 12.0. The largest absolute Gasteiger partial charge is 0.489 e. The van der Waals surface area contributed by atoms with E-state index in [1.54, 1.807) is 0 Å². The quantitative estimate of drug-likeness (QED) is 0.916. The van der Waals surface area contributed by atoms with Gasteiger partial charge in [0.2, 0.25) is 0 Å². The maximum absolute atomic E-state index is 6.07. The van der Waals surface area contributed by atoms with E-state index < -0.39 is 0 Å². The average Bonchev–Trinajstić information content (AvgIpc) is 2.36. The molecule has 0 aliphatic rings. The van der Waals surface area contributed by atoms with Gasteiger partial charge in [-0.15, -0.1) is 0 Å². The summed E-state index contributed by atoms with van der Waals surface area (Å²) in [4.78, 5) is 0. The highest BCUT2D eigenvalue weighted by molar-refractivity contribution is 9.10. The summed E-state index contributed by atoms with van der Waals surface area (Å²) < 4.78 is 6.80. The number of hydrogen-bond donors (Lipinski definition) is 1. The van der Waals surface area contributed by atoms with Crippen LogP contribution in [-0.4, -0.2) is 0 Å². The Morgan fingerprint density at radius 2 is 1.94 bits per heavy atom. The van der Waals surface area contributed by atoms with E-state index in [0.717, 1.165) is 21.3 Å². The van der Waals surface area contributed by atoms with Crippen molar-refractivity contribution in [2.45, 2.75) is 13.2 Å². The van der Waals surface area contributed by atoms with Crippen LogP contribution in [0.3, 0.4) is 0 Å². The van der Waals surface area contributed by atoms with Crippen LogP contribution >= 0.6 is 27.5 Å². The molecule has 2 aromatic rings. The van der Waals surface area contributed by atoms with E-state index in [1.807, 2.05) is 42.5 Å². The number of hydrogen-bond acceptors (Lipinski definition) is 2. The van der Waals surface area contributed by atoms with Gasteiger partial charge in [-0.2, -0.15) is 0 Å². The van der Waals surface area contributed by atoms with Crippen molar-refractivity contribution in [3.8, 4) is 5.75 Å². The SMILES string of the molecule is NCc1c(Cl)cccc1OCc1cccc(Br)c1. The van der Waals surface area contributed by atoms with Gasteiger partial charge in [-0.05, 0) is 29.8 Å². The first-order chi connectivity index (χ1) is 8.70. The standard InChI is InChI=1S/C14H13BrClNO/c15-11-4-1-3-10(7-11)9-18-14-6-2-5-13(16)12(14)8-17/h1-7H,8-9,17H2. The third kappa shape index (κ3) is 3.25. The molecular weight excluding hydrogens is 314 g/mol. The molecular formula is C14H13BrClNO. The van der Waals surface area contributed by atoms with Crippen molar-refractivity contribution < 1.29 is 4.74 Å². The van der Waals surface area contributed by atoms with E-state index in [2.05, 4.69) is 15.9 Å². The Balaban J connectivity index is 2.13. The number of ether oxygens (including phenoxy) is 1. The first kappa shape index (κ1) is 13.4. The first-order valence-electron chi connectivity index (χ1n) is 5.55. The molecule has 0 atom stereocenters. The molecule has 18 heavy (non-hydrogen) atoms. The molecule has 2 rings (SSSR count). The highest BCUT2D eigenvalue weighted by atomic mass is 79.9. The number of benzene rings is 2. The lowest BCUT2D eigenvalue weighted by atomic mass is 10.2. The third-order valence-electron chi connectivity index (χ3n) is 2.56. The van der Waals surface area contributed by atoms with Crippen LogP contribution in [0.15, 0.2) is 46.9 Å². The van der Waals surface area contributed by atoms with Gasteiger partial charge in [-0.3, -0.25) is 0 Å². The first-order valence-corrected chi connectivity index (χ1v) is 6.72. The van der Waals surface area contributed by atoms with Crippen LogP contribution in [0.1, 0.15) is 11.1 Å². The second kappa shape index (κ2) is 6.23. The molecule has 0 bridgehead atoms. The average molecular weight is 327 g/mol. The molecule has 0 saturated carbocycles. The summed E-state index contributed by atoms with van der Waals surface area (Å²) >= 11 is 9.50. The highest BCUT2D eigenvalue weighted by Gasteiger charge is 2.06. The minimum atomic E-state index is 0.369. The van der Waals surface area contributed by atoms with E-state index in [1.165, 1.54) is 0 Å². The van der Waals surface area contributed by atoms with Crippen LogP contribution in [0.2, 0.25) is 5.02 Å². The minimum absolute atomic E-state index is 0.369. The van der Waals surface area contributed by atoms with Crippen LogP contribution in [0, 0.1) is 0 Å². The highest BCUT2D eigenvalue weighted by Crippen LogP contribution is 2.26. The van der Waals surface area contributed by atoms with Crippen molar-refractivity contribution in [2.24, 2.45) is 5.73 Å². The van der Waals surface area contributed by atoms with Crippen molar-refractivity contribution >= 4 is 27.5 Å². The summed E-state index contributed by atoms with van der Waals surface area (Å²) in [5.74, 6) is 0.741. The molecule has 0 aliphatic heterocycles. The summed E-state index contributed by atoms with van der Waals surface area (Å²) in [6.07, 6.45) is 0. The van der Waals surface area contributed by atoms with Gasteiger partial charge in [-0.25, -0.2) is 0 Å². The van der Waals surface area contributed by atoms with Crippen molar-refractivity contribution in [1.82, 2.24) is 0 Å². The second-order valence-corrected chi connectivity index (χ2v) is 5.16. The summed E-state index contributed by atoms with van der Waals surface area (Å²) in [5, 5.41) is 0.643. The Bertz CT molecular complexity index is 545. The molecule has 2 N–H and O–H groups in total. The van der Waals surface area contributed by atoms with Crippen molar-refractivity contribution in [1.29, 1.82) is 0 Å². The number of nitrogens with two attached hydrogens (primary N) is 1. The van der Waals surface area contributed by atoms with Crippen LogP contribution in [0.5, 0.6) is 5.75 Å². The van der Waals surface area contributed by atoms with Gasteiger partial charge in [0.25, 0.3) is 0 Å². The van der Waals surface area contributed by atoms with Crippen molar-refractivity contribution in [3.63, 3.8) is 0 Å². The molecule has 0 heterocycles. The molecule has 0 unspecified atom stereocenters. The summed E-state index contributed by atoms with van der Waals surface area (Å²) in [6, 6.07) is 13.5. The van der Waals surface area contributed by atoms with E-state index in [-0.39, 0.29) is 0 Å². The van der Waals surface area contributed by atoms with Crippen LogP contribution in [0.25, 0.3) is 0 Å². The summed E-state index contributed by atoms with van der Waals surface area (Å²) in [5.41, 5.74) is 7.60. The fraction of sp³-hybridized carbons (Fsp3) is 0.143. The lowest BCUT2D eigenvalue weighted by Crippen LogP contribution is -2.03. The van der Waals surface area contributed by atoms with Gasteiger partial charge in [0.15, 0.2) is 0 Å². The lowest BCUT2D eigenvalue weighted by molar-refractivity contribution is 0.303. The molecule has 94 valence electrons. The predicted molar refractivity (Wildman–Crippen MR) is 77.8 cm³/mol. The van der Waals surface area contributed by atoms with E-state index >= 15 is 0 Å². The lowest BCUT2D eigenvalue weighted by Gasteiger charge is -2.11. The molecule has 0 radical (unpaired) electrons. The normalized spacial score (nSPS) is 10.4. The van der Waals surface area contributed by atoms with Gasteiger partial charge < -0.3 is 10.5 Å². The maximum atomic E-state index is 6.07. The topological polar surface area (TPSA) is 35.2 Å². The van der Waals surface area contributed by atoms with Crippen LogP contribution < -0.4 is 10.5 Å². The molecule has 4 heteroatoms. The molecule has 0 saturated heterocycles. The smallest absolute Gasteiger partial charge is 0.125 e. The zero-order chi connectivity index (χ0) is 13.0. The Hall–Kier alpha value is -1.03. The minimum Gasteiger partial charge on any atom is -0.489 e. The van der Waals surface area contributed by atoms with E-state index in [4.69, 9.17) is 22.1 Å². The Kier molecular flexibility index (Phi) is 4.64. The maximum Gasteiger partial charge on any atom is 0.125 e. The Labute approximate surface area is 120 Å².